The van der Waals surface area contributed by atoms with Crippen LogP contribution in [0.2, 0.25) is 0 Å². The Balaban J connectivity index is 1.50. The van der Waals surface area contributed by atoms with Crippen molar-refractivity contribution in [2.24, 2.45) is 0 Å². The van der Waals surface area contributed by atoms with Gasteiger partial charge in [0.1, 0.15) is 5.75 Å². The molecule has 32 heavy (non-hydrogen) atoms. The number of rotatable bonds is 6. The zero-order chi connectivity index (χ0) is 22.5. The SMILES string of the molecule is COC(=O)C1=C(CN2CCN(c3ccc(OC)cc3)CC2)NC(=O)N[C@@H]1c1ccccc1. The highest BCUT2D eigenvalue weighted by Gasteiger charge is 2.34. The number of nitrogens with one attached hydrogen (secondary N) is 2. The van der Waals surface area contributed by atoms with Gasteiger partial charge in [0.15, 0.2) is 0 Å². The van der Waals surface area contributed by atoms with Crippen LogP contribution in [0.15, 0.2) is 65.9 Å². The highest BCUT2D eigenvalue weighted by atomic mass is 16.5. The summed E-state index contributed by atoms with van der Waals surface area (Å²) in [5, 5.41) is 5.70. The third kappa shape index (κ3) is 4.70. The molecule has 4 rings (SSSR count). The van der Waals surface area contributed by atoms with Crippen LogP contribution in [0.5, 0.6) is 5.75 Å². The summed E-state index contributed by atoms with van der Waals surface area (Å²) < 4.78 is 10.3. The zero-order valence-corrected chi connectivity index (χ0v) is 18.3. The largest absolute Gasteiger partial charge is 0.497 e. The second kappa shape index (κ2) is 9.74. The maximum absolute atomic E-state index is 12.7. The number of piperazine rings is 1. The number of anilines is 1. The molecule has 2 aromatic rings. The normalized spacial score (nSPS) is 19.2. The number of nitrogens with zero attached hydrogens (tertiary/aromatic N) is 2. The molecule has 0 bridgehead atoms. The molecular formula is C24H28N4O4. The highest BCUT2D eigenvalue weighted by Crippen LogP contribution is 2.28. The summed E-state index contributed by atoms with van der Waals surface area (Å²) in [6.07, 6.45) is 0. The van der Waals surface area contributed by atoms with Crippen molar-refractivity contribution in [2.75, 3.05) is 51.8 Å². The maximum Gasteiger partial charge on any atom is 0.338 e. The fourth-order valence-corrected chi connectivity index (χ4v) is 4.17. The predicted octanol–water partition coefficient (Wildman–Crippen LogP) is 2.30. The Morgan fingerprint density at radius 3 is 2.31 bits per heavy atom. The second-order valence-corrected chi connectivity index (χ2v) is 7.79. The molecule has 0 spiro atoms. The van der Waals surface area contributed by atoms with Crippen LogP contribution in [0.1, 0.15) is 11.6 Å². The van der Waals surface area contributed by atoms with Gasteiger partial charge in [-0.25, -0.2) is 9.59 Å². The second-order valence-electron chi connectivity index (χ2n) is 7.79. The minimum atomic E-state index is -0.548. The van der Waals surface area contributed by atoms with Crippen LogP contribution in [0.25, 0.3) is 0 Å². The first-order chi connectivity index (χ1) is 15.6. The van der Waals surface area contributed by atoms with Crippen molar-refractivity contribution >= 4 is 17.7 Å². The Morgan fingerprint density at radius 1 is 1.00 bits per heavy atom. The van der Waals surface area contributed by atoms with Crippen LogP contribution in [0.4, 0.5) is 10.5 Å². The molecule has 2 aliphatic heterocycles. The van der Waals surface area contributed by atoms with Gasteiger partial charge in [0.25, 0.3) is 0 Å². The minimum absolute atomic E-state index is 0.321. The van der Waals surface area contributed by atoms with Gasteiger partial charge >= 0.3 is 12.0 Å². The van der Waals surface area contributed by atoms with Gasteiger partial charge in [0.2, 0.25) is 0 Å². The van der Waals surface area contributed by atoms with Gasteiger partial charge in [0.05, 0.1) is 25.8 Å². The van der Waals surface area contributed by atoms with Gasteiger partial charge in [-0.15, -0.1) is 0 Å². The summed E-state index contributed by atoms with van der Waals surface area (Å²) in [4.78, 5) is 29.7. The van der Waals surface area contributed by atoms with Crippen molar-refractivity contribution in [3.63, 3.8) is 0 Å². The van der Waals surface area contributed by atoms with E-state index >= 15 is 0 Å². The van der Waals surface area contributed by atoms with E-state index in [-0.39, 0.29) is 6.03 Å². The molecule has 2 heterocycles. The lowest BCUT2D eigenvalue weighted by atomic mass is 9.95. The van der Waals surface area contributed by atoms with Gasteiger partial charge < -0.3 is 25.0 Å². The summed E-state index contributed by atoms with van der Waals surface area (Å²) in [7, 11) is 3.02. The van der Waals surface area contributed by atoms with Crippen LogP contribution in [-0.2, 0) is 9.53 Å². The van der Waals surface area contributed by atoms with E-state index < -0.39 is 12.0 Å². The first-order valence-corrected chi connectivity index (χ1v) is 10.6. The van der Waals surface area contributed by atoms with E-state index in [1.54, 1.807) is 7.11 Å². The summed E-state index contributed by atoms with van der Waals surface area (Å²) in [5.41, 5.74) is 3.02. The number of urea groups is 1. The Bertz CT molecular complexity index is 983. The number of benzene rings is 2. The summed E-state index contributed by atoms with van der Waals surface area (Å²) >= 11 is 0. The van der Waals surface area contributed by atoms with Crippen molar-refractivity contribution in [3.8, 4) is 5.75 Å². The van der Waals surface area contributed by atoms with Crippen molar-refractivity contribution in [2.45, 2.75) is 6.04 Å². The lowest BCUT2D eigenvalue weighted by molar-refractivity contribution is -0.136. The number of hydrogen-bond acceptors (Lipinski definition) is 6. The number of ether oxygens (including phenoxy) is 2. The van der Waals surface area contributed by atoms with Crippen LogP contribution in [0, 0.1) is 0 Å². The Hall–Kier alpha value is -3.52. The van der Waals surface area contributed by atoms with Crippen molar-refractivity contribution < 1.29 is 19.1 Å². The highest BCUT2D eigenvalue weighted by molar-refractivity contribution is 5.95. The fourth-order valence-electron chi connectivity index (χ4n) is 4.17. The van der Waals surface area contributed by atoms with Gasteiger partial charge in [-0.2, -0.15) is 0 Å². The van der Waals surface area contributed by atoms with Crippen molar-refractivity contribution in [3.05, 3.63) is 71.4 Å². The lowest BCUT2D eigenvalue weighted by Crippen LogP contribution is -2.51. The molecule has 1 fully saturated rings. The van der Waals surface area contributed by atoms with Crippen LogP contribution >= 0.6 is 0 Å². The van der Waals surface area contributed by atoms with E-state index in [0.29, 0.717) is 17.8 Å². The predicted molar refractivity (Wildman–Crippen MR) is 122 cm³/mol. The standard InChI is InChI=1S/C24H28N4O4/c1-31-19-10-8-18(9-11-19)28-14-12-27(13-15-28)16-20-21(23(29)32-2)22(26-24(30)25-20)17-6-4-3-5-7-17/h3-11,22H,12-16H2,1-2H3,(H2,25,26,30)/t22-/m1/s1. The molecule has 8 heteroatoms. The Kier molecular flexibility index (Phi) is 6.61. The molecule has 0 aromatic heterocycles. The van der Waals surface area contributed by atoms with Crippen molar-refractivity contribution in [1.29, 1.82) is 0 Å². The maximum atomic E-state index is 12.7. The third-order valence-corrected chi connectivity index (χ3v) is 5.88. The molecule has 8 nitrogen and oxygen atoms in total. The van der Waals surface area contributed by atoms with Crippen molar-refractivity contribution in [1.82, 2.24) is 15.5 Å². The number of amides is 2. The third-order valence-electron chi connectivity index (χ3n) is 5.88. The number of carbonyl (C=O) groups excluding carboxylic acids is 2. The first-order valence-electron chi connectivity index (χ1n) is 10.6. The molecular weight excluding hydrogens is 408 g/mol. The average molecular weight is 437 g/mol. The van der Waals surface area contributed by atoms with E-state index in [9.17, 15) is 9.59 Å². The average Bonchev–Trinajstić information content (AvgIpc) is 2.84. The number of carbonyl (C=O) groups is 2. The molecule has 2 aromatic carbocycles. The molecule has 2 aliphatic rings. The van der Waals surface area contributed by atoms with Crippen LogP contribution in [-0.4, -0.2) is 63.8 Å². The molecule has 2 amide bonds. The van der Waals surface area contributed by atoms with E-state index in [1.807, 2.05) is 42.5 Å². The number of hydrogen-bond donors (Lipinski definition) is 2. The van der Waals surface area contributed by atoms with Gasteiger partial charge in [-0.05, 0) is 29.8 Å². The summed E-state index contributed by atoms with van der Waals surface area (Å²) in [5.74, 6) is 0.391. The first kappa shape index (κ1) is 21.7. The van der Waals surface area contributed by atoms with E-state index in [0.717, 1.165) is 43.2 Å². The fraction of sp³-hybridized carbons (Fsp3) is 0.333. The number of esters is 1. The number of methoxy groups -OCH3 is 2. The zero-order valence-electron chi connectivity index (χ0n) is 18.3. The molecule has 1 saturated heterocycles. The summed E-state index contributed by atoms with van der Waals surface area (Å²) in [6, 6.07) is 16.6. The molecule has 2 N–H and O–H groups in total. The topological polar surface area (TPSA) is 83.1 Å². The monoisotopic (exact) mass is 436 g/mol. The molecule has 0 radical (unpaired) electrons. The molecule has 168 valence electrons. The molecule has 0 saturated carbocycles. The Labute approximate surface area is 187 Å². The quantitative estimate of drug-likeness (QED) is 0.677. The van der Waals surface area contributed by atoms with E-state index in [4.69, 9.17) is 9.47 Å². The van der Waals surface area contributed by atoms with Gasteiger partial charge in [-0.1, -0.05) is 30.3 Å². The molecule has 1 atom stereocenters. The summed E-state index contributed by atoms with van der Waals surface area (Å²) in [6.45, 7) is 3.78. The van der Waals surface area contributed by atoms with Crippen LogP contribution < -0.4 is 20.3 Å². The van der Waals surface area contributed by atoms with Gasteiger partial charge in [0, 0.05) is 44.1 Å². The molecule has 0 unspecified atom stereocenters. The van der Waals surface area contributed by atoms with Crippen LogP contribution in [0.3, 0.4) is 0 Å². The Morgan fingerprint density at radius 2 is 1.69 bits per heavy atom. The van der Waals surface area contributed by atoms with E-state index in [1.165, 1.54) is 7.11 Å². The smallest absolute Gasteiger partial charge is 0.338 e. The minimum Gasteiger partial charge on any atom is -0.497 e. The lowest BCUT2D eigenvalue weighted by Gasteiger charge is -2.38. The van der Waals surface area contributed by atoms with Gasteiger partial charge in [-0.3, -0.25) is 4.90 Å². The molecule has 0 aliphatic carbocycles. The van der Waals surface area contributed by atoms with E-state index in [2.05, 4.69) is 32.6 Å².